The fraction of sp³-hybridized carbons (Fsp3) is 0.667. The third-order valence-corrected chi connectivity index (χ3v) is 10.1. The molecule has 2 fully saturated rings. The summed E-state index contributed by atoms with van der Waals surface area (Å²) in [6.45, 7) is 2.71. The number of benzene rings is 1. The molecule has 1 aromatic carbocycles. The van der Waals surface area contributed by atoms with Gasteiger partial charge in [-0.05, 0) is 11.1 Å². The summed E-state index contributed by atoms with van der Waals surface area (Å²) in [5, 5.41) is 69.4. The number of hydrogen-bond donors (Lipinski definition) is 6. The molecule has 0 aliphatic carbocycles. The zero-order chi connectivity index (χ0) is 43.5. The second kappa shape index (κ2) is 24.9. The van der Waals surface area contributed by atoms with E-state index in [0.717, 1.165) is 0 Å². The van der Waals surface area contributed by atoms with Crippen LogP contribution in [0.1, 0.15) is 11.1 Å². The zero-order valence-corrected chi connectivity index (χ0v) is 33.2. The molecule has 0 saturated carbocycles. The Labute approximate surface area is 341 Å². The minimum absolute atomic E-state index is 0.182. The standard InChI is InChI=1S/C36H57N9O14/c46-31(47)22-39-5-1-37(2-6-40(23-32(48)49)10-14-43(13-9-39)26-35(54)55)20-28-17-29(19-30(18-28)45(58)59)21-38-3-7-41(24-33(50)51)11-15-44(27-36(56)57)16-12-42(8-4-38)25-34(52)53/h17-19H,1-16,20-27H2,(H,46,47)(H,48,49)(H,50,51)(H,52,53)(H,54,55)(H,56,57). The first-order valence-corrected chi connectivity index (χ1v) is 19.3. The minimum atomic E-state index is -1.07. The molecule has 0 atom stereocenters. The average molecular weight is 840 g/mol. The summed E-state index contributed by atoms with van der Waals surface area (Å²) in [7, 11) is 0. The third kappa shape index (κ3) is 20.1. The highest BCUT2D eigenvalue weighted by Gasteiger charge is 2.24. The van der Waals surface area contributed by atoms with E-state index in [-0.39, 0.29) is 137 Å². The van der Waals surface area contributed by atoms with Crippen molar-refractivity contribution in [3.05, 3.63) is 39.4 Å². The number of carbonyl (C=O) groups is 6. The molecule has 0 aromatic heterocycles. The Hall–Kier alpha value is -4.88. The van der Waals surface area contributed by atoms with Gasteiger partial charge >= 0.3 is 35.8 Å². The zero-order valence-electron chi connectivity index (χ0n) is 33.2. The van der Waals surface area contributed by atoms with Gasteiger partial charge in [-0.1, -0.05) is 6.07 Å². The lowest BCUT2D eigenvalue weighted by atomic mass is 10.1. The van der Waals surface area contributed by atoms with Crippen molar-refractivity contribution in [1.82, 2.24) is 39.2 Å². The van der Waals surface area contributed by atoms with Crippen LogP contribution < -0.4 is 0 Å². The van der Waals surface area contributed by atoms with Crippen molar-refractivity contribution in [2.45, 2.75) is 13.1 Å². The Balaban J connectivity index is 1.90. The van der Waals surface area contributed by atoms with E-state index in [1.54, 1.807) is 35.5 Å². The lowest BCUT2D eigenvalue weighted by Gasteiger charge is -2.33. The van der Waals surface area contributed by atoms with Crippen LogP contribution in [0.4, 0.5) is 5.69 Å². The summed E-state index contributed by atoms with van der Waals surface area (Å²) in [5.41, 5.74) is 0.950. The maximum atomic E-state index is 12.2. The molecule has 23 nitrogen and oxygen atoms in total. The van der Waals surface area contributed by atoms with E-state index in [1.165, 1.54) is 12.1 Å². The van der Waals surface area contributed by atoms with Crippen molar-refractivity contribution in [2.24, 2.45) is 0 Å². The first kappa shape index (κ1) is 48.5. The van der Waals surface area contributed by atoms with Crippen molar-refractivity contribution in [2.75, 3.05) is 144 Å². The fourth-order valence-corrected chi connectivity index (χ4v) is 7.12. The van der Waals surface area contributed by atoms with Crippen molar-refractivity contribution < 1.29 is 64.3 Å². The van der Waals surface area contributed by atoms with Crippen LogP contribution >= 0.6 is 0 Å². The highest BCUT2D eigenvalue weighted by atomic mass is 16.6. The highest BCUT2D eigenvalue weighted by molar-refractivity contribution is 5.71. The number of non-ortho nitro benzene ring substituents is 1. The van der Waals surface area contributed by atoms with Gasteiger partial charge in [0.25, 0.3) is 5.69 Å². The quantitative estimate of drug-likeness (QED) is 0.0701. The van der Waals surface area contributed by atoms with Gasteiger partial charge in [-0.3, -0.25) is 78.1 Å². The predicted molar refractivity (Wildman–Crippen MR) is 208 cm³/mol. The summed E-state index contributed by atoms with van der Waals surface area (Å²) in [5.74, 6) is -6.40. The monoisotopic (exact) mass is 839 g/mol. The van der Waals surface area contributed by atoms with Gasteiger partial charge in [-0.25, -0.2) is 0 Å². The van der Waals surface area contributed by atoms with Crippen LogP contribution in [0.5, 0.6) is 0 Å². The molecule has 0 amide bonds. The van der Waals surface area contributed by atoms with Crippen molar-refractivity contribution in [3.8, 4) is 0 Å². The molecule has 0 bridgehead atoms. The van der Waals surface area contributed by atoms with Gasteiger partial charge in [0, 0.05) is 130 Å². The number of carboxylic acids is 6. The first-order valence-electron chi connectivity index (χ1n) is 19.3. The summed E-state index contributed by atoms with van der Waals surface area (Å²) >= 11 is 0. The molecule has 59 heavy (non-hydrogen) atoms. The number of carboxylic acid groups (broad SMARTS) is 6. The van der Waals surface area contributed by atoms with E-state index in [1.807, 2.05) is 9.80 Å². The SMILES string of the molecule is O=C(O)CN1CCN(CC(=O)O)CCN(Cc2cc(CN3CCN(CC(=O)O)CCN(CC(=O)O)CCN(CC(=O)O)CC3)cc([N+](=O)[O-])c2)CCN(CC(=O)O)CC1. The topological polar surface area (TPSA) is 293 Å². The molecule has 2 saturated heterocycles. The Kier molecular flexibility index (Phi) is 20.5. The van der Waals surface area contributed by atoms with Gasteiger partial charge in [0.1, 0.15) is 0 Å². The van der Waals surface area contributed by atoms with Gasteiger partial charge in [-0.15, -0.1) is 0 Å². The Morgan fingerprint density at radius 2 is 0.576 bits per heavy atom. The highest BCUT2D eigenvalue weighted by Crippen LogP contribution is 2.21. The second-order valence-electron chi connectivity index (χ2n) is 14.8. The van der Waals surface area contributed by atoms with Gasteiger partial charge in [-0.2, -0.15) is 0 Å². The van der Waals surface area contributed by atoms with Gasteiger partial charge in [0.05, 0.1) is 44.2 Å². The molecule has 2 aliphatic heterocycles. The largest absolute Gasteiger partial charge is 0.480 e. The normalized spacial score (nSPS) is 19.4. The summed E-state index contributed by atoms with van der Waals surface area (Å²) in [6.07, 6.45) is 0. The van der Waals surface area contributed by atoms with E-state index in [9.17, 15) is 69.5 Å². The maximum Gasteiger partial charge on any atom is 0.317 e. The molecular formula is C36H57N9O14. The predicted octanol–water partition coefficient (Wildman–Crippen LogP) is -2.45. The molecular weight excluding hydrogens is 782 g/mol. The van der Waals surface area contributed by atoms with E-state index >= 15 is 0 Å². The molecule has 6 N–H and O–H groups in total. The van der Waals surface area contributed by atoms with Crippen LogP contribution in [0.2, 0.25) is 0 Å². The lowest BCUT2D eigenvalue weighted by molar-refractivity contribution is -0.385. The molecule has 2 aliphatic rings. The van der Waals surface area contributed by atoms with Gasteiger partial charge in [0.2, 0.25) is 0 Å². The van der Waals surface area contributed by atoms with Crippen LogP contribution in [0.25, 0.3) is 0 Å². The van der Waals surface area contributed by atoms with E-state index in [0.29, 0.717) is 37.3 Å². The number of nitro benzene ring substituents is 1. The smallest absolute Gasteiger partial charge is 0.317 e. The van der Waals surface area contributed by atoms with Crippen molar-refractivity contribution in [1.29, 1.82) is 0 Å². The third-order valence-electron chi connectivity index (χ3n) is 10.1. The molecule has 2 heterocycles. The maximum absolute atomic E-state index is 12.2. The lowest BCUT2D eigenvalue weighted by Crippen LogP contribution is -2.48. The van der Waals surface area contributed by atoms with Crippen molar-refractivity contribution in [3.63, 3.8) is 0 Å². The minimum Gasteiger partial charge on any atom is -0.480 e. The van der Waals surface area contributed by atoms with Crippen LogP contribution in [-0.2, 0) is 41.9 Å². The van der Waals surface area contributed by atoms with Crippen LogP contribution in [0.15, 0.2) is 18.2 Å². The van der Waals surface area contributed by atoms with E-state index in [4.69, 9.17) is 0 Å². The number of nitrogens with zero attached hydrogens (tertiary/aromatic N) is 9. The molecule has 1 aromatic rings. The van der Waals surface area contributed by atoms with E-state index in [2.05, 4.69) is 0 Å². The fourth-order valence-electron chi connectivity index (χ4n) is 7.12. The molecule has 3 rings (SSSR count). The summed E-state index contributed by atoms with van der Waals surface area (Å²) in [4.78, 5) is 95.6. The summed E-state index contributed by atoms with van der Waals surface area (Å²) < 4.78 is 0. The molecule has 23 heteroatoms. The van der Waals surface area contributed by atoms with Crippen LogP contribution in [0.3, 0.4) is 0 Å². The number of hydrogen-bond acceptors (Lipinski definition) is 16. The molecule has 0 spiro atoms. The Bertz CT molecular complexity index is 1440. The molecule has 0 radical (unpaired) electrons. The molecule has 0 unspecified atom stereocenters. The van der Waals surface area contributed by atoms with Crippen molar-refractivity contribution >= 4 is 41.5 Å². The number of aliphatic carboxylic acids is 6. The average Bonchev–Trinajstić information content (AvgIpc) is 3.12. The number of nitro groups is 1. The summed E-state index contributed by atoms with van der Waals surface area (Å²) in [6, 6.07) is 4.69. The van der Waals surface area contributed by atoms with Crippen LogP contribution in [0, 0.1) is 10.1 Å². The van der Waals surface area contributed by atoms with Gasteiger partial charge < -0.3 is 30.6 Å². The first-order chi connectivity index (χ1) is 27.9. The second-order valence-corrected chi connectivity index (χ2v) is 14.8. The number of rotatable bonds is 17. The molecule has 330 valence electrons. The van der Waals surface area contributed by atoms with Gasteiger partial charge in [0.15, 0.2) is 0 Å². The van der Waals surface area contributed by atoms with E-state index < -0.39 is 40.7 Å². The Morgan fingerprint density at radius 3 is 0.746 bits per heavy atom. The van der Waals surface area contributed by atoms with Crippen LogP contribution in [-0.4, -0.2) is 255 Å². The Morgan fingerprint density at radius 1 is 0.390 bits per heavy atom.